The summed E-state index contributed by atoms with van der Waals surface area (Å²) in [7, 11) is -3.73. The molecule has 12 heteroatoms. The van der Waals surface area contributed by atoms with E-state index in [4.69, 9.17) is 5.73 Å². The van der Waals surface area contributed by atoms with Gasteiger partial charge in [0.05, 0.1) is 17.0 Å². The lowest BCUT2D eigenvalue weighted by Gasteiger charge is -2.27. The Kier molecular flexibility index (Phi) is 9.33. The first-order valence-electron chi connectivity index (χ1n) is 13.9. The largest absolute Gasteiger partial charge is 0.416 e. The van der Waals surface area contributed by atoms with E-state index < -0.39 is 45.2 Å². The summed E-state index contributed by atoms with van der Waals surface area (Å²) < 4.78 is 68.5. The van der Waals surface area contributed by atoms with Crippen LogP contribution in [0.3, 0.4) is 0 Å². The van der Waals surface area contributed by atoms with Crippen molar-refractivity contribution in [2.75, 3.05) is 11.4 Å². The summed E-state index contributed by atoms with van der Waals surface area (Å²) in [5, 5.41) is 2.73. The molecule has 4 N–H and O–H groups in total. The van der Waals surface area contributed by atoms with Crippen LogP contribution in [0, 0.1) is 0 Å². The van der Waals surface area contributed by atoms with Crippen molar-refractivity contribution in [2.45, 2.75) is 69.2 Å². The highest BCUT2D eigenvalue weighted by Gasteiger charge is 2.35. The Balaban J connectivity index is 1.67. The van der Waals surface area contributed by atoms with Gasteiger partial charge in [0.2, 0.25) is 21.8 Å². The SMILES string of the molecule is CCNS(=O)(=O)c1ccccc1-c1ccc(CN2C(=O)[C@H](NC(=O)CC(C)(C)N)CCc3cc(C(F)(F)F)ccc32)cc1. The van der Waals surface area contributed by atoms with Crippen LogP contribution in [0.15, 0.2) is 71.6 Å². The highest BCUT2D eigenvalue weighted by Crippen LogP contribution is 2.36. The number of hydrogen-bond acceptors (Lipinski definition) is 5. The summed E-state index contributed by atoms with van der Waals surface area (Å²) in [5.41, 5.74) is 6.80. The molecule has 0 saturated carbocycles. The minimum Gasteiger partial charge on any atom is -0.344 e. The molecule has 1 heterocycles. The Bertz CT molecular complexity index is 1600. The molecule has 3 aromatic rings. The average Bonchev–Trinajstić information content (AvgIpc) is 3.04. The number of hydrogen-bond donors (Lipinski definition) is 3. The zero-order chi connectivity index (χ0) is 31.6. The molecule has 8 nitrogen and oxygen atoms in total. The fraction of sp³-hybridized carbons (Fsp3) is 0.355. The third kappa shape index (κ3) is 7.81. The quantitative estimate of drug-likeness (QED) is 0.320. The first-order valence-corrected chi connectivity index (χ1v) is 15.3. The van der Waals surface area contributed by atoms with Gasteiger partial charge in [-0.3, -0.25) is 9.59 Å². The van der Waals surface area contributed by atoms with Crippen LogP contribution in [0.4, 0.5) is 18.9 Å². The van der Waals surface area contributed by atoms with E-state index in [0.29, 0.717) is 27.9 Å². The number of nitrogens with two attached hydrogens (primary N) is 1. The number of benzene rings is 3. The second kappa shape index (κ2) is 12.5. The number of rotatable bonds is 9. The van der Waals surface area contributed by atoms with Gasteiger partial charge in [-0.15, -0.1) is 0 Å². The summed E-state index contributed by atoms with van der Waals surface area (Å²) in [5.74, 6) is -0.879. The van der Waals surface area contributed by atoms with E-state index in [0.717, 1.165) is 12.1 Å². The number of aryl methyl sites for hydroxylation is 1. The number of fused-ring (bicyclic) bond motifs is 1. The lowest BCUT2D eigenvalue weighted by Crippen LogP contribution is -2.49. The van der Waals surface area contributed by atoms with Crippen LogP contribution in [0.1, 0.15) is 50.3 Å². The molecule has 1 aliphatic heterocycles. The molecule has 0 saturated heterocycles. The van der Waals surface area contributed by atoms with E-state index in [9.17, 15) is 31.2 Å². The van der Waals surface area contributed by atoms with Crippen LogP contribution < -0.4 is 20.7 Å². The molecule has 0 unspecified atom stereocenters. The normalized spacial score (nSPS) is 16.0. The molecule has 1 aliphatic rings. The van der Waals surface area contributed by atoms with Gasteiger partial charge in [-0.05, 0) is 67.6 Å². The molecule has 0 fully saturated rings. The lowest BCUT2D eigenvalue weighted by atomic mass is 10.0. The van der Waals surface area contributed by atoms with Gasteiger partial charge in [-0.1, -0.05) is 49.4 Å². The highest BCUT2D eigenvalue weighted by molar-refractivity contribution is 7.89. The molecule has 0 aromatic heterocycles. The van der Waals surface area contributed by atoms with Gasteiger partial charge >= 0.3 is 6.18 Å². The lowest BCUT2D eigenvalue weighted by molar-refractivity contribution is -0.137. The number of amides is 2. The second-order valence-electron chi connectivity index (χ2n) is 11.3. The molecule has 0 spiro atoms. The number of halogens is 3. The number of anilines is 1. The molecule has 3 aromatic carbocycles. The molecule has 4 rings (SSSR count). The standard InChI is InChI=1S/C31H35F3N4O4S/c1-4-36-43(41,42)27-8-6-5-7-24(27)21-11-9-20(10-12-21)19-38-26-16-14-23(31(32,33)34)17-22(26)13-15-25(29(38)40)37-28(39)18-30(2,3)35/h5-12,14,16-17,25,36H,4,13,15,18-19,35H2,1-3H3,(H,37,39)/t25-/m1/s1. The van der Waals surface area contributed by atoms with Crippen molar-refractivity contribution in [3.8, 4) is 11.1 Å². The number of carbonyl (C=O) groups excluding carboxylic acids is 2. The van der Waals surface area contributed by atoms with Gasteiger partial charge in [0, 0.05) is 29.8 Å². The van der Waals surface area contributed by atoms with E-state index in [1.54, 1.807) is 63.2 Å². The second-order valence-corrected chi connectivity index (χ2v) is 13.0. The summed E-state index contributed by atoms with van der Waals surface area (Å²) >= 11 is 0. The van der Waals surface area contributed by atoms with Crippen LogP contribution >= 0.6 is 0 Å². The van der Waals surface area contributed by atoms with Crippen LogP contribution in [-0.2, 0) is 38.8 Å². The molecule has 0 aliphatic carbocycles. The molecule has 0 bridgehead atoms. The van der Waals surface area contributed by atoms with Gasteiger partial charge in [-0.25, -0.2) is 13.1 Å². The van der Waals surface area contributed by atoms with Crippen LogP contribution in [0.5, 0.6) is 0 Å². The van der Waals surface area contributed by atoms with Crippen molar-refractivity contribution in [2.24, 2.45) is 5.73 Å². The smallest absolute Gasteiger partial charge is 0.344 e. The maximum Gasteiger partial charge on any atom is 0.416 e. The van der Waals surface area contributed by atoms with Gasteiger partial charge in [0.1, 0.15) is 6.04 Å². The van der Waals surface area contributed by atoms with Crippen molar-refractivity contribution in [3.05, 3.63) is 83.4 Å². The maximum absolute atomic E-state index is 13.8. The topological polar surface area (TPSA) is 122 Å². The third-order valence-electron chi connectivity index (χ3n) is 7.03. The molecule has 230 valence electrons. The predicted octanol–water partition coefficient (Wildman–Crippen LogP) is 4.76. The zero-order valence-corrected chi connectivity index (χ0v) is 25.0. The van der Waals surface area contributed by atoms with Crippen molar-refractivity contribution >= 4 is 27.5 Å². The Morgan fingerprint density at radius 1 is 1.05 bits per heavy atom. The average molecular weight is 617 g/mol. The molecule has 0 radical (unpaired) electrons. The molecular weight excluding hydrogens is 581 g/mol. The highest BCUT2D eigenvalue weighted by atomic mass is 32.2. The zero-order valence-electron chi connectivity index (χ0n) is 24.2. The Hall–Kier alpha value is -3.74. The fourth-order valence-electron chi connectivity index (χ4n) is 5.09. The van der Waals surface area contributed by atoms with Crippen molar-refractivity contribution in [1.29, 1.82) is 0 Å². The Morgan fingerprint density at radius 2 is 1.72 bits per heavy atom. The number of alkyl halides is 3. The number of carbonyl (C=O) groups is 2. The predicted molar refractivity (Wildman–Crippen MR) is 159 cm³/mol. The minimum atomic E-state index is -4.55. The van der Waals surface area contributed by atoms with Gasteiger partial charge in [-0.2, -0.15) is 13.2 Å². The van der Waals surface area contributed by atoms with Crippen LogP contribution in [0.25, 0.3) is 11.1 Å². The Morgan fingerprint density at radius 3 is 2.35 bits per heavy atom. The van der Waals surface area contributed by atoms with Gasteiger partial charge in [0.25, 0.3) is 0 Å². The van der Waals surface area contributed by atoms with Gasteiger partial charge < -0.3 is 16.0 Å². The molecule has 1 atom stereocenters. The summed E-state index contributed by atoms with van der Waals surface area (Å²) in [6.45, 7) is 5.30. The van der Waals surface area contributed by atoms with Crippen molar-refractivity contribution in [3.63, 3.8) is 0 Å². The molecule has 2 amide bonds. The van der Waals surface area contributed by atoms with E-state index in [1.165, 1.54) is 17.0 Å². The minimum absolute atomic E-state index is 0.0174. The van der Waals surface area contributed by atoms with E-state index in [-0.39, 0.29) is 37.2 Å². The maximum atomic E-state index is 13.8. The number of nitrogens with one attached hydrogen (secondary N) is 2. The summed E-state index contributed by atoms with van der Waals surface area (Å²) in [4.78, 5) is 28.0. The number of nitrogens with zero attached hydrogens (tertiary/aromatic N) is 1. The third-order valence-corrected chi connectivity index (χ3v) is 8.64. The van der Waals surface area contributed by atoms with Crippen molar-refractivity contribution < 1.29 is 31.2 Å². The molecular formula is C31H35F3N4O4S. The summed E-state index contributed by atoms with van der Waals surface area (Å²) in [6.07, 6.45) is -4.32. The van der Waals surface area contributed by atoms with E-state index in [2.05, 4.69) is 10.0 Å². The fourth-order valence-corrected chi connectivity index (χ4v) is 6.36. The Labute approximate surface area is 249 Å². The van der Waals surface area contributed by atoms with Crippen molar-refractivity contribution in [1.82, 2.24) is 10.0 Å². The summed E-state index contributed by atoms with van der Waals surface area (Å²) in [6, 6.07) is 15.8. The number of sulfonamides is 1. The van der Waals surface area contributed by atoms with E-state index >= 15 is 0 Å². The van der Waals surface area contributed by atoms with Crippen LogP contribution in [0.2, 0.25) is 0 Å². The van der Waals surface area contributed by atoms with E-state index in [1.807, 2.05) is 0 Å². The van der Waals surface area contributed by atoms with Crippen LogP contribution in [-0.4, -0.2) is 38.4 Å². The first-order chi connectivity index (χ1) is 20.1. The first kappa shape index (κ1) is 32.2. The van der Waals surface area contributed by atoms with Gasteiger partial charge in [0.15, 0.2) is 0 Å². The molecule has 43 heavy (non-hydrogen) atoms. The monoisotopic (exact) mass is 616 g/mol.